The van der Waals surface area contributed by atoms with Crippen molar-refractivity contribution in [2.24, 2.45) is 5.92 Å². The Morgan fingerprint density at radius 3 is 2.76 bits per heavy atom. The fraction of sp³-hybridized carbons (Fsp3) is 0.643. The molecule has 1 aromatic rings. The van der Waals surface area contributed by atoms with Crippen LogP contribution in [0, 0.1) is 12.8 Å². The summed E-state index contributed by atoms with van der Waals surface area (Å²) in [6, 6.07) is 1.68. The molecule has 1 amide bonds. The minimum atomic E-state index is -0.131. The van der Waals surface area contributed by atoms with Crippen molar-refractivity contribution in [1.29, 1.82) is 0 Å². The van der Waals surface area contributed by atoms with Gasteiger partial charge in [-0.25, -0.2) is 0 Å². The number of methoxy groups -OCH3 is 1. The van der Waals surface area contributed by atoms with Crippen molar-refractivity contribution < 1.29 is 18.8 Å². The fourth-order valence-corrected chi connectivity index (χ4v) is 2.45. The lowest BCUT2D eigenvalue weighted by molar-refractivity contribution is -0.147. The third-order valence-corrected chi connectivity index (χ3v) is 3.67. The van der Waals surface area contributed by atoms with Crippen LogP contribution in [0.15, 0.2) is 10.6 Å². The number of rotatable bonds is 5. The van der Waals surface area contributed by atoms with Crippen LogP contribution in [0.1, 0.15) is 25.0 Å². The van der Waals surface area contributed by atoms with Gasteiger partial charge >= 0.3 is 5.97 Å². The van der Waals surface area contributed by atoms with Gasteiger partial charge < -0.3 is 19.5 Å². The van der Waals surface area contributed by atoms with Gasteiger partial charge in [-0.1, -0.05) is 5.16 Å². The first kappa shape index (κ1) is 15.5. The lowest BCUT2D eigenvalue weighted by Gasteiger charge is -2.30. The number of nitrogens with one attached hydrogen (secondary N) is 1. The summed E-state index contributed by atoms with van der Waals surface area (Å²) in [5.41, 5.74) is 0. The summed E-state index contributed by atoms with van der Waals surface area (Å²) in [6.45, 7) is 4.08. The van der Waals surface area contributed by atoms with E-state index in [0.29, 0.717) is 24.5 Å². The number of amides is 1. The number of aryl methyl sites for hydroxylation is 1. The fourth-order valence-electron chi connectivity index (χ4n) is 2.45. The topological polar surface area (TPSA) is 84.7 Å². The molecule has 0 aromatic carbocycles. The molecule has 1 fully saturated rings. The summed E-state index contributed by atoms with van der Waals surface area (Å²) < 4.78 is 9.64. The molecule has 1 aliphatic heterocycles. The summed E-state index contributed by atoms with van der Waals surface area (Å²) in [7, 11) is 1.42. The summed E-state index contributed by atoms with van der Waals surface area (Å²) in [5.74, 6) is 0.891. The molecule has 7 heteroatoms. The first-order valence-electron chi connectivity index (χ1n) is 7.12. The molecular formula is C14H21N3O4. The maximum atomic E-state index is 11.8. The van der Waals surface area contributed by atoms with Crippen LogP contribution in [0.5, 0.6) is 0 Å². The van der Waals surface area contributed by atoms with Gasteiger partial charge in [0.15, 0.2) is 5.82 Å². The van der Waals surface area contributed by atoms with Crippen molar-refractivity contribution in [3.8, 4) is 0 Å². The van der Waals surface area contributed by atoms with E-state index in [1.165, 1.54) is 7.11 Å². The molecule has 2 rings (SSSR count). The molecule has 0 unspecified atom stereocenters. The van der Waals surface area contributed by atoms with Crippen LogP contribution in [0.2, 0.25) is 0 Å². The minimum Gasteiger partial charge on any atom is -0.469 e. The zero-order chi connectivity index (χ0) is 15.2. The van der Waals surface area contributed by atoms with Crippen molar-refractivity contribution in [3.05, 3.63) is 11.8 Å². The number of hydrogen-bond donors (Lipinski definition) is 1. The van der Waals surface area contributed by atoms with Crippen LogP contribution in [0.25, 0.3) is 0 Å². The SMILES string of the molecule is COC(=O)C1CCN(CCC(=O)Nc2cc(C)on2)CC1. The van der Waals surface area contributed by atoms with E-state index < -0.39 is 0 Å². The van der Waals surface area contributed by atoms with E-state index >= 15 is 0 Å². The van der Waals surface area contributed by atoms with Crippen molar-refractivity contribution in [2.75, 3.05) is 32.1 Å². The smallest absolute Gasteiger partial charge is 0.308 e. The van der Waals surface area contributed by atoms with Crippen LogP contribution in [0.3, 0.4) is 0 Å². The molecule has 116 valence electrons. The molecule has 7 nitrogen and oxygen atoms in total. The van der Waals surface area contributed by atoms with Crippen LogP contribution >= 0.6 is 0 Å². The van der Waals surface area contributed by atoms with E-state index in [4.69, 9.17) is 9.26 Å². The zero-order valence-corrected chi connectivity index (χ0v) is 12.4. The van der Waals surface area contributed by atoms with Gasteiger partial charge in [0.05, 0.1) is 13.0 Å². The molecule has 1 aliphatic rings. The highest BCUT2D eigenvalue weighted by molar-refractivity contribution is 5.89. The second-order valence-corrected chi connectivity index (χ2v) is 5.26. The van der Waals surface area contributed by atoms with E-state index in [1.54, 1.807) is 13.0 Å². The molecule has 0 bridgehead atoms. The Kier molecular flexibility index (Phi) is 5.32. The summed E-state index contributed by atoms with van der Waals surface area (Å²) in [4.78, 5) is 25.4. The van der Waals surface area contributed by atoms with Gasteiger partial charge in [0, 0.05) is 19.0 Å². The molecule has 1 aromatic heterocycles. The van der Waals surface area contributed by atoms with Crippen molar-refractivity contribution in [1.82, 2.24) is 10.1 Å². The Bertz CT molecular complexity index is 492. The molecule has 1 N–H and O–H groups in total. The number of ether oxygens (including phenoxy) is 1. The number of nitrogens with zero attached hydrogens (tertiary/aromatic N) is 2. The lowest BCUT2D eigenvalue weighted by atomic mass is 9.97. The number of aromatic nitrogens is 1. The molecule has 0 saturated carbocycles. The number of carbonyl (C=O) groups is 2. The average Bonchev–Trinajstić information content (AvgIpc) is 2.90. The van der Waals surface area contributed by atoms with Gasteiger partial charge in [-0.15, -0.1) is 0 Å². The molecule has 2 heterocycles. The minimum absolute atomic E-state index is 0.00168. The lowest BCUT2D eigenvalue weighted by Crippen LogP contribution is -2.38. The Morgan fingerprint density at radius 2 is 2.19 bits per heavy atom. The van der Waals surface area contributed by atoms with Gasteiger partial charge in [-0.3, -0.25) is 9.59 Å². The number of anilines is 1. The number of carbonyl (C=O) groups excluding carboxylic acids is 2. The van der Waals surface area contributed by atoms with E-state index in [0.717, 1.165) is 25.9 Å². The Hall–Kier alpha value is -1.89. The molecule has 0 spiro atoms. The maximum Gasteiger partial charge on any atom is 0.308 e. The molecule has 0 atom stereocenters. The number of likely N-dealkylation sites (tertiary alicyclic amines) is 1. The quantitative estimate of drug-likeness (QED) is 0.822. The van der Waals surface area contributed by atoms with Gasteiger partial charge in [0.25, 0.3) is 0 Å². The van der Waals surface area contributed by atoms with Crippen LogP contribution in [-0.4, -0.2) is 48.7 Å². The molecule has 0 aliphatic carbocycles. The molecule has 1 saturated heterocycles. The highest BCUT2D eigenvalue weighted by Gasteiger charge is 2.25. The Labute approximate surface area is 123 Å². The predicted molar refractivity (Wildman–Crippen MR) is 75.7 cm³/mol. The van der Waals surface area contributed by atoms with Crippen LogP contribution < -0.4 is 5.32 Å². The van der Waals surface area contributed by atoms with Gasteiger partial charge in [0.1, 0.15) is 5.76 Å². The summed E-state index contributed by atoms with van der Waals surface area (Å²) in [6.07, 6.45) is 1.97. The number of esters is 1. The van der Waals surface area contributed by atoms with Crippen molar-refractivity contribution in [2.45, 2.75) is 26.2 Å². The van der Waals surface area contributed by atoms with Crippen molar-refractivity contribution in [3.63, 3.8) is 0 Å². The Morgan fingerprint density at radius 1 is 1.48 bits per heavy atom. The van der Waals surface area contributed by atoms with Gasteiger partial charge in [-0.2, -0.15) is 0 Å². The standard InChI is InChI=1S/C14H21N3O4/c1-10-9-12(16-21-10)15-13(18)5-8-17-6-3-11(4-7-17)14(19)20-2/h9,11H,3-8H2,1-2H3,(H,15,16,18). The van der Waals surface area contributed by atoms with Crippen LogP contribution in [0.4, 0.5) is 5.82 Å². The van der Waals surface area contributed by atoms with Crippen LogP contribution in [-0.2, 0) is 14.3 Å². The highest BCUT2D eigenvalue weighted by atomic mass is 16.5. The van der Waals surface area contributed by atoms with Crippen molar-refractivity contribution >= 4 is 17.7 Å². The average molecular weight is 295 g/mol. The third kappa shape index (κ3) is 4.56. The monoisotopic (exact) mass is 295 g/mol. The predicted octanol–water partition coefficient (Wildman–Crippen LogP) is 1.20. The zero-order valence-electron chi connectivity index (χ0n) is 12.4. The van der Waals surface area contributed by atoms with E-state index in [9.17, 15) is 9.59 Å². The normalized spacial score (nSPS) is 16.7. The summed E-state index contributed by atoms with van der Waals surface area (Å²) in [5, 5.41) is 6.41. The Balaban J connectivity index is 1.67. The molecular weight excluding hydrogens is 274 g/mol. The molecule has 21 heavy (non-hydrogen) atoms. The van der Waals surface area contributed by atoms with E-state index in [1.807, 2.05) is 0 Å². The van der Waals surface area contributed by atoms with Gasteiger partial charge in [0.2, 0.25) is 5.91 Å². The maximum absolute atomic E-state index is 11.8. The highest BCUT2D eigenvalue weighted by Crippen LogP contribution is 2.18. The summed E-state index contributed by atoms with van der Waals surface area (Å²) >= 11 is 0. The first-order chi connectivity index (χ1) is 10.1. The molecule has 0 radical (unpaired) electrons. The first-order valence-corrected chi connectivity index (χ1v) is 7.12. The number of hydrogen-bond acceptors (Lipinski definition) is 6. The number of piperidine rings is 1. The van der Waals surface area contributed by atoms with E-state index in [2.05, 4.69) is 15.4 Å². The van der Waals surface area contributed by atoms with E-state index in [-0.39, 0.29) is 17.8 Å². The largest absolute Gasteiger partial charge is 0.469 e. The second kappa shape index (κ2) is 7.21. The second-order valence-electron chi connectivity index (χ2n) is 5.26. The third-order valence-electron chi connectivity index (χ3n) is 3.67. The van der Waals surface area contributed by atoms with Gasteiger partial charge in [-0.05, 0) is 32.9 Å².